The number of ether oxygens (including phenoxy) is 1. The lowest BCUT2D eigenvalue weighted by atomic mass is 9.47. The first kappa shape index (κ1) is 25.5. The Bertz CT molecular complexity index is 649. The van der Waals surface area contributed by atoms with E-state index in [2.05, 4.69) is 32.7 Å². The Balaban J connectivity index is 1.24. The molecule has 1 amide bonds. The van der Waals surface area contributed by atoms with Crippen LogP contribution in [0, 0.1) is 28.6 Å². The summed E-state index contributed by atoms with van der Waals surface area (Å²) in [6.07, 6.45) is 22.7. The largest absolute Gasteiger partial charge is 0.378 e. The lowest BCUT2D eigenvalue weighted by molar-refractivity contribution is -0.161. The van der Waals surface area contributed by atoms with Gasteiger partial charge < -0.3 is 9.64 Å². The van der Waals surface area contributed by atoms with Crippen molar-refractivity contribution in [2.24, 2.45) is 28.6 Å². The minimum absolute atomic E-state index is 0.336. The van der Waals surface area contributed by atoms with Gasteiger partial charge >= 0.3 is 0 Å². The highest BCUT2D eigenvalue weighted by Gasteiger charge is 2.61. The van der Waals surface area contributed by atoms with Gasteiger partial charge in [-0.25, -0.2) is 0 Å². The molecule has 0 aromatic rings. The molecular weight excluding hydrogens is 406 g/mol. The van der Waals surface area contributed by atoms with Gasteiger partial charge in [-0.15, -0.1) is 0 Å². The number of hydrogen-bond donors (Lipinski definition) is 0. The van der Waals surface area contributed by atoms with Crippen LogP contribution in [0.1, 0.15) is 130 Å². The topological polar surface area (TPSA) is 29.5 Å². The van der Waals surface area contributed by atoms with E-state index in [0.29, 0.717) is 28.9 Å². The van der Waals surface area contributed by atoms with Crippen molar-refractivity contribution >= 4 is 5.91 Å². The van der Waals surface area contributed by atoms with Crippen molar-refractivity contribution in [3.05, 3.63) is 0 Å². The monoisotopic (exact) mass is 459 g/mol. The van der Waals surface area contributed by atoms with Gasteiger partial charge in [-0.05, 0) is 80.0 Å². The maximum absolute atomic E-state index is 12.4. The van der Waals surface area contributed by atoms with Crippen LogP contribution >= 0.6 is 0 Å². The van der Waals surface area contributed by atoms with Crippen molar-refractivity contribution in [3.63, 3.8) is 0 Å². The van der Waals surface area contributed by atoms with E-state index >= 15 is 0 Å². The van der Waals surface area contributed by atoms with Crippen molar-refractivity contribution < 1.29 is 9.53 Å². The molecule has 3 heteroatoms. The highest BCUT2D eigenvalue weighted by molar-refractivity contribution is 5.77. The molecule has 1 aliphatic heterocycles. The van der Waals surface area contributed by atoms with E-state index < -0.39 is 0 Å². The zero-order valence-corrected chi connectivity index (χ0v) is 22.4. The summed E-state index contributed by atoms with van der Waals surface area (Å²) in [6, 6.07) is 0.476. The van der Waals surface area contributed by atoms with Gasteiger partial charge in [-0.3, -0.25) is 4.79 Å². The van der Waals surface area contributed by atoms with E-state index in [1.807, 2.05) is 0 Å². The number of carbonyl (C=O) groups is 1. The standard InChI is InChI=1S/C30H53NO2/c1-5-6-7-8-9-10-11-12-13-22-33-27-17-15-24-23-14-16-26-29(2,21-19-28(32)31(26)4)25(23)18-20-30(24,27)3/h23-27H,5-22H2,1-4H3/t23-,24-,25+,26?,27?,29+,30-/m0/s1. The highest BCUT2D eigenvalue weighted by atomic mass is 16.5. The van der Waals surface area contributed by atoms with E-state index in [1.54, 1.807) is 0 Å². The van der Waals surface area contributed by atoms with Crippen LogP contribution in [0.4, 0.5) is 0 Å². The third-order valence-electron chi connectivity index (χ3n) is 11.0. The summed E-state index contributed by atoms with van der Waals surface area (Å²) in [4.78, 5) is 14.5. The van der Waals surface area contributed by atoms with Crippen molar-refractivity contribution in [1.29, 1.82) is 0 Å². The number of piperidine rings is 1. The first-order valence-electron chi connectivity index (χ1n) is 14.8. The minimum Gasteiger partial charge on any atom is -0.378 e. The molecule has 0 aromatic heterocycles. The van der Waals surface area contributed by atoms with Crippen LogP contribution in [0.3, 0.4) is 0 Å². The predicted molar refractivity (Wildman–Crippen MR) is 137 cm³/mol. The van der Waals surface area contributed by atoms with Gasteiger partial charge in [0.2, 0.25) is 5.91 Å². The molecule has 3 saturated carbocycles. The Morgan fingerprint density at radius 1 is 0.818 bits per heavy atom. The van der Waals surface area contributed by atoms with Crippen LogP contribution in [-0.2, 0) is 9.53 Å². The number of carbonyl (C=O) groups excluding carboxylic acids is 1. The maximum atomic E-state index is 12.4. The molecule has 4 aliphatic rings. The van der Waals surface area contributed by atoms with Crippen LogP contribution in [-0.4, -0.2) is 36.6 Å². The molecule has 3 nitrogen and oxygen atoms in total. The molecular formula is C30H53NO2. The van der Waals surface area contributed by atoms with Crippen molar-refractivity contribution in [2.45, 2.75) is 142 Å². The van der Waals surface area contributed by atoms with Crippen LogP contribution in [0.25, 0.3) is 0 Å². The second-order valence-electron chi connectivity index (χ2n) is 12.8. The molecule has 0 N–H and O–H groups in total. The van der Waals surface area contributed by atoms with Crippen molar-refractivity contribution in [1.82, 2.24) is 4.90 Å². The van der Waals surface area contributed by atoms with Gasteiger partial charge in [0.25, 0.3) is 0 Å². The third-order valence-corrected chi connectivity index (χ3v) is 11.0. The fourth-order valence-electron chi connectivity index (χ4n) is 9.01. The molecule has 2 unspecified atom stereocenters. The molecule has 1 heterocycles. The number of likely N-dealkylation sites (tertiary alicyclic amines) is 1. The average Bonchev–Trinajstić information content (AvgIpc) is 3.14. The van der Waals surface area contributed by atoms with Gasteiger partial charge in [-0.1, -0.05) is 72.1 Å². The van der Waals surface area contributed by atoms with E-state index in [1.165, 1.54) is 96.3 Å². The Hall–Kier alpha value is -0.570. The summed E-state index contributed by atoms with van der Waals surface area (Å²) < 4.78 is 6.62. The number of rotatable bonds is 11. The van der Waals surface area contributed by atoms with Crippen LogP contribution in [0.15, 0.2) is 0 Å². The molecule has 0 spiro atoms. The van der Waals surface area contributed by atoms with Crippen molar-refractivity contribution in [2.75, 3.05) is 13.7 Å². The summed E-state index contributed by atoms with van der Waals surface area (Å²) in [6.45, 7) is 8.38. The zero-order valence-electron chi connectivity index (χ0n) is 22.4. The van der Waals surface area contributed by atoms with Gasteiger partial charge in [0.05, 0.1) is 6.10 Å². The summed E-state index contributed by atoms with van der Waals surface area (Å²) >= 11 is 0. The second kappa shape index (κ2) is 11.0. The molecule has 4 fully saturated rings. The number of unbranched alkanes of at least 4 members (excludes halogenated alkanes) is 8. The lowest BCUT2D eigenvalue weighted by Gasteiger charge is -2.61. The Kier molecular flexibility index (Phi) is 8.51. The van der Waals surface area contributed by atoms with Crippen LogP contribution < -0.4 is 0 Å². The molecule has 4 rings (SSSR count). The van der Waals surface area contributed by atoms with E-state index in [9.17, 15) is 4.79 Å². The van der Waals surface area contributed by atoms with E-state index in [0.717, 1.165) is 37.2 Å². The SMILES string of the molecule is CCCCCCCCCCCOC1CC[C@H]2[C@@H]3CCC4N(C)C(=O)CC[C@]4(C)[C@@H]3CC[C@]12C. The van der Waals surface area contributed by atoms with Crippen LogP contribution in [0.5, 0.6) is 0 Å². The minimum atomic E-state index is 0.336. The number of hydrogen-bond acceptors (Lipinski definition) is 2. The average molecular weight is 460 g/mol. The molecule has 7 atom stereocenters. The zero-order chi connectivity index (χ0) is 23.5. The summed E-state index contributed by atoms with van der Waals surface area (Å²) in [5.74, 6) is 2.88. The number of amides is 1. The molecule has 0 radical (unpaired) electrons. The van der Waals surface area contributed by atoms with Crippen molar-refractivity contribution in [3.8, 4) is 0 Å². The summed E-state index contributed by atoms with van der Waals surface area (Å²) in [5, 5.41) is 0. The molecule has 3 aliphatic carbocycles. The fraction of sp³-hybridized carbons (Fsp3) is 0.967. The molecule has 1 saturated heterocycles. The molecule has 0 bridgehead atoms. The summed E-state index contributed by atoms with van der Waals surface area (Å²) in [7, 11) is 2.07. The lowest BCUT2D eigenvalue weighted by Crippen LogP contribution is -2.61. The Morgan fingerprint density at radius 2 is 1.48 bits per heavy atom. The maximum Gasteiger partial charge on any atom is 0.222 e. The second-order valence-corrected chi connectivity index (χ2v) is 12.8. The van der Waals surface area contributed by atoms with Gasteiger partial charge in [0.1, 0.15) is 0 Å². The van der Waals surface area contributed by atoms with Gasteiger partial charge in [0.15, 0.2) is 0 Å². The van der Waals surface area contributed by atoms with Gasteiger partial charge in [0, 0.05) is 26.1 Å². The first-order valence-corrected chi connectivity index (χ1v) is 14.8. The fourth-order valence-corrected chi connectivity index (χ4v) is 9.01. The van der Waals surface area contributed by atoms with Crippen LogP contribution in [0.2, 0.25) is 0 Å². The first-order chi connectivity index (χ1) is 15.9. The Labute approximate surface area is 204 Å². The molecule has 190 valence electrons. The third kappa shape index (κ3) is 5.05. The smallest absolute Gasteiger partial charge is 0.222 e. The quantitative estimate of drug-likeness (QED) is 0.295. The number of fused-ring (bicyclic) bond motifs is 5. The normalized spacial score (nSPS) is 40.4. The van der Waals surface area contributed by atoms with E-state index in [4.69, 9.17) is 4.74 Å². The molecule has 0 aromatic carbocycles. The summed E-state index contributed by atoms with van der Waals surface area (Å²) in [5.41, 5.74) is 0.725. The Morgan fingerprint density at radius 3 is 2.21 bits per heavy atom. The van der Waals surface area contributed by atoms with Gasteiger partial charge in [-0.2, -0.15) is 0 Å². The number of nitrogens with zero attached hydrogens (tertiary/aromatic N) is 1. The molecule has 33 heavy (non-hydrogen) atoms. The highest BCUT2D eigenvalue weighted by Crippen LogP contribution is 2.65. The predicted octanol–water partition coefficient (Wildman–Crippen LogP) is 7.77. The van der Waals surface area contributed by atoms with E-state index in [-0.39, 0.29) is 0 Å².